The van der Waals surface area contributed by atoms with Crippen LogP contribution in [0.15, 0.2) is 29.1 Å². The largest absolute Gasteiger partial charge is 0.477 e. The lowest BCUT2D eigenvalue weighted by atomic mass is 10.0. The monoisotopic (exact) mass is 283 g/mol. The molecule has 6 heteroatoms. The van der Waals surface area contributed by atoms with Gasteiger partial charge in [-0.3, -0.25) is 4.79 Å². The zero-order chi connectivity index (χ0) is 15.6. The fourth-order valence-corrected chi connectivity index (χ4v) is 1.91. The van der Waals surface area contributed by atoms with Crippen LogP contribution in [0.5, 0.6) is 0 Å². The van der Waals surface area contributed by atoms with Gasteiger partial charge < -0.3 is 5.11 Å². The van der Waals surface area contributed by atoms with Crippen molar-refractivity contribution in [1.29, 1.82) is 5.26 Å². The predicted octanol–water partition coefficient (Wildman–Crippen LogP) is 1.75. The molecule has 0 saturated carbocycles. The third-order valence-corrected chi connectivity index (χ3v) is 3.23. The van der Waals surface area contributed by atoms with E-state index >= 15 is 0 Å². The lowest BCUT2D eigenvalue weighted by Crippen LogP contribution is -2.28. The molecule has 1 aromatic heterocycles. The van der Waals surface area contributed by atoms with Gasteiger partial charge in [-0.05, 0) is 37.1 Å². The number of rotatable bonds is 3. The van der Waals surface area contributed by atoms with Crippen LogP contribution in [0, 0.1) is 25.2 Å². The molecule has 0 atom stereocenters. The first kappa shape index (κ1) is 14.5. The molecule has 0 unspecified atom stereocenters. The number of aryl methyl sites for hydroxylation is 2. The molecule has 0 spiro atoms. The maximum Gasteiger partial charge on any atom is 0.341 e. The van der Waals surface area contributed by atoms with Crippen LogP contribution >= 0.6 is 0 Å². The molecular formula is C15H13N3O3. The fourth-order valence-electron chi connectivity index (χ4n) is 1.91. The molecule has 2 aromatic rings. The number of hydrogen-bond donors (Lipinski definition) is 1. The fraction of sp³-hybridized carbons (Fsp3) is 0.200. The van der Waals surface area contributed by atoms with E-state index in [0.29, 0.717) is 11.3 Å². The van der Waals surface area contributed by atoms with E-state index in [1.807, 2.05) is 26.0 Å². The molecule has 0 amide bonds. The van der Waals surface area contributed by atoms with Gasteiger partial charge in [0.15, 0.2) is 0 Å². The Balaban J connectivity index is 2.69. The van der Waals surface area contributed by atoms with Gasteiger partial charge in [-0.1, -0.05) is 12.1 Å². The number of aromatic carboxylic acids is 1. The Labute approximate surface area is 120 Å². The number of carboxylic acids is 1. The molecule has 0 aliphatic rings. The van der Waals surface area contributed by atoms with Crippen LogP contribution in [0.3, 0.4) is 0 Å². The second-order valence-corrected chi connectivity index (χ2v) is 4.67. The molecule has 1 aromatic carbocycles. The molecule has 0 aliphatic carbocycles. The summed E-state index contributed by atoms with van der Waals surface area (Å²) >= 11 is 0. The van der Waals surface area contributed by atoms with Crippen LogP contribution in [0.2, 0.25) is 0 Å². The second kappa shape index (κ2) is 5.59. The first-order valence-electron chi connectivity index (χ1n) is 6.24. The molecule has 0 radical (unpaired) electrons. The molecule has 0 fully saturated rings. The molecule has 2 rings (SSSR count). The van der Waals surface area contributed by atoms with Gasteiger partial charge in [0.05, 0.1) is 11.8 Å². The Kier molecular flexibility index (Phi) is 3.85. The second-order valence-electron chi connectivity index (χ2n) is 4.67. The normalized spacial score (nSPS) is 10.1. The van der Waals surface area contributed by atoms with E-state index in [4.69, 9.17) is 10.4 Å². The van der Waals surface area contributed by atoms with Gasteiger partial charge in [-0.25, -0.2) is 9.48 Å². The van der Waals surface area contributed by atoms with E-state index in [-0.39, 0.29) is 6.54 Å². The summed E-state index contributed by atoms with van der Waals surface area (Å²) < 4.78 is 0.869. The topological polar surface area (TPSA) is 96.0 Å². The van der Waals surface area contributed by atoms with Crippen LogP contribution in [0.25, 0.3) is 11.3 Å². The third kappa shape index (κ3) is 2.82. The summed E-state index contributed by atoms with van der Waals surface area (Å²) in [5.41, 5.74) is 2.01. The minimum absolute atomic E-state index is 0.294. The number of aromatic nitrogens is 2. The number of nitriles is 1. The summed E-state index contributed by atoms with van der Waals surface area (Å²) in [4.78, 5) is 23.0. The van der Waals surface area contributed by atoms with Gasteiger partial charge in [0.25, 0.3) is 5.56 Å². The standard InChI is InChI=1S/C15H13N3O3/c1-9-3-4-11(7-10(9)2)13-8-12(15(20)21)14(19)18(17-13)6-5-16/h3-4,7-8H,6H2,1-2H3,(H,20,21). The van der Waals surface area contributed by atoms with Gasteiger partial charge in [-0.15, -0.1) is 0 Å². The summed E-state index contributed by atoms with van der Waals surface area (Å²) in [5.74, 6) is -1.33. The first-order valence-corrected chi connectivity index (χ1v) is 6.24. The van der Waals surface area contributed by atoms with Crippen molar-refractivity contribution in [3.8, 4) is 17.3 Å². The number of nitrogens with zero attached hydrogens (tertiary/aromatic N) is 3. The number of benzene rings is 1. The zero-order valence-electron chi connectivity index (χ0n) is 11.6. The Morgan fingerprint density at radius 3 is 2.62 bits per heavy atom. The van der Waals surface area contributed by atoms with Gasteiger partial charge >= 0.3 is 5.97 Å². The third-order valence-electron chi connectivity index (χ3n) is 3.23. The van der Waals surface area contributed by atoms with Crippen molar-refractivity contribution in [2.24, 2.45) is 0 Å². The zero-order valence-corrected chi connectivity index (χ0v) is 11.6. The summed E-state index contributed by atoms with van der Waals surface area (Å²) in [6.07, 6.45) is 0. The first-order chi connectivity index (χ1) is 9.93. The van der Waals surface area contributed by atoms with Crippen molar-refractivity contribution in [2.75, 3.05) is 0 Å². The van der Waals surface area contributed by atoms with Crippen molar-refractivity contribution in [3.63, 3.8) is 0 Å². The number of hydrogen-bond acceptors (Lipinski definition) is 4. The maximum absolute atomic E-state index is 11.9. The van der Waals surface area contributed by atoms with Gasteiger partial charge in [-0.2, -0.15) is 10.4 Å². The highest BCUT2D eigenvalue weighted by Gasteiger charge is 2.15. The molecular weight excluding hydrogens is 270 g/mol. The summed E-state index contributed by atoms with van der Waals surface area (Å²) in [7, 11) is 0. The molecule has 1 N–H and O–H groups in total. The highest BCUT2D eigenvalue weighted by Crippen LogP contribution is 2.20. The molecule has 0 aliphatic heterocycles. The average Bonchev–Trinajstić information content (AvgIpc) is 2.44. The van der Waals surface area contributed by atoms with Crippen molar-refractivity contribution >= 4 is 5.97 Å². The molecule has 6 nitrogen and oxygen atoms in total. The number of carboxylic acid groups (broad SMARTS) is 1. The molecule has 21 heavy (non-hydrogen) atoms. The van der Waals surface area contributed by atoms with E-state index in [1.165, 1.54) is 6.07 Å². The van der Waals surface area contributed by atoms with Gasteiger partial charge in [0, 0.05) is 5.56 Å². The highest BCUT2D eigenvalue weighted by molar-refractivity contribution is 5.88. The minimum Gasteiger partial charge on any atom is -0.477 e. The van der Waals surface area contributed by atoms with Crippen LogP contribution in [0.4, 0.5) is 0 Å². The molecule has 0 bridgehead atoms. The van der Waals surface area contributed by atoms with Crippen LogP contribution in [-0.4, -0.2) is 20.9 Å². The SMILES string of the molecule is Cc1ccc(-c2cc(C(=O)O)c(=O)n(CC#N)n2)cc1C. The number of carbonyl (C=O) groups is 1. The summed E-state index contributed by atoms with van der Waals surface area (Å²) in [6.45, 7) is 3.60. The Hall–Kier alpha value is -2.94. The van der Waals surface area contributed by atoms with E-state index in [2.05, 4.69) is 5.10 Å². The maximum atomic E-state index is 11.9. The Morgan fingerprint density at radius 1 is 1.33 bits per heavy atom. The summed E-state index contributed by atoms with van der Waals surface area (Å²) in [5, 5.41) is 21.9. The Bertz CT molecular complexity index is 816. The lowest BCUT2D eigenvalue weighted by Gasteiger charge is -2.08. The van der Waals surface area contributed by atoms with E-state index in [9.17, 15) is 9.59 Å². The van der Waals surface area contributed by atoms with Crippen molar-refractivity contribution in [3.05, 3.63) is 51.3 Å². The molecule has 1 heterocycles. The quantitative estimate of drug-likeness (QED) is 0.925. The molecule has 0 saturated heterocycles. The van der Waals surface area contributed by atoms with Crippen LogP contribution < -0.4 is 5.56 Å². The van der Waals surface area contributed by atoms with Crippen LogP contribution in [0.1, 0.15) is 21.5 Å². The predicted molar refractivity (Wildman–Crippen MR) is 76.0 cm³/mol. The van der Waals surface area contributed by atoms with Crippen LogP contribution in [-0.2, 0) is 6.54 Å². The van der Waals surface area contributed by atoms with Gasteiger partial charge in [0.1, 0.15) is 12.1 Å². The molecule has 106 valence electrons. The Morgan fingerprint density at radius 2 is 2.05 bits per heavy atom. The van der Waals surface area contributed by atoms with E-state index in [0.717, 1.165) is 15.8 Å². The van der Waals surface area contributed by atoms with Gasteiger partial charge in [0.2, 0.25) is 0 Å². The lowest BCUT2D eigenvalue weighted by molar-refractivity contribution is 0.0694. The van der Waals surface area contributed by atoms with Crippen molar-refractivity contribution in [2.45, 2.75) is 20.4 Å². The van der Waals surface area contributed by atoms with Crippen molar-refractivity contribution in [1.82, 2.24) is 9.78 Å². The van der Waals surface area contributed by atoms with E-state index in [1.54, 1.807) is 12.1 Å². The van der Waals surface area contributed by atoms with Crippen molar-refractivity contribution < 1.29 is 9.90 Å². The van der Waals surface area contributed by atoms with E-state index < -0.39 is 17.1 Å². The highest BCUT2D eigenvalue weighted by atomic mass is 16.4. The average molecular weight is 283 g/mol. The minimum atomic E-state index is -1.33. The smallest absolute Gasteiger partial charge is 0.341 e. The summed E-state index contributed by atoms with van der Waals surface area (Å²) in [6, 6.07) is 8.60.